The first-order chi connectivity index (χ1) is 22.6. The summed E-state index contributed by atoms with van der Waals surface area (Å²) in [7, 11) is 3.56. The summed E-state index contributed by atoms with van der Waals surface area (Å²) in [6.45, 7) is 10.8. The zero-order chi connectivity index (χ0) is 33.9. The number of amides is 1. The molecule has 1 aromatic carbocycles. The molecule has 1 aliphatic heterocycles. The van der Waals surface area contributed by atoms with E-state index in [1.54, 1.807) is 31.9 Å². The molecule has 0 unspecified atom stereocenters. The van der Waals surface area contributed by atoms with E-state index >= 15 is 0 Å². The highest BCUT2D eigenvalue weighted by Crippen LogP contribution is 2.36. The van der Waals surface area contributed by atoms with Crippen LogP contribution in [-0.4, -0.2) is 43.0 Å². The number of anilines is 1. The minimum absolute atomic E-state index is 0.0507. The molecule has 9 nitrogen and oxygen atoms in total. The summed E-state index contributed by atoms with van der Waals surface area (Å²) in [6.07, 6.45) is 15.9. The average Bonchev–Trinajstić information content (AvgIpc) is 3.95. The van der Waals surface area contributed by atoms with E-state index < -0.39 is 0 Å². The topological polar surface area (TPSA) is 131 Å². The Labute approximate surface area is 284 Å². The number of carbonyl (C=O) groups is 1. The van der Waals surface area contributed by atoms with E-state index in [2.05, 4.69) is 57.7 Å². The Morgan fingerprint density at radius 3 is 2.43 bits per heavy atom. The Kier molecular flexibility index (Phi) is 12.7. The third-order valence-electron chi connectivity index (χ3n) is 8.15. The standard InChI is InChI=1S/C32H39ClN6O2.C5H9N/c1-5-22(10-9-20(2)24-17-39(18-24)19-26-14-13-25(33)16-36-26)27-7-6-8-28(31(27)41-4)37-29(21(3)34)15-30(35)38-32(40)23-11-12-23;1-6-4-5-2-3-5/h5-10,13-16,23-24,37H,1,11-12,17-19,34-35H2,2-4H3,(H,38,40);4,6H,2-3H2,1H3/b20-9+,22-10+,29-21+,30-15+;. The molecule has 10 heteroatoms. The zero-order valence-corrected chi connectivity index (χ0v) is 28.7. The van der Waals surface area contributed by atoms with Crippen LogP contribution in [0.25, 0.3) is 5.57 Å². The molecule has 1 saturated heterocycles. The highest BCUT2D eigenvalue weighted by atomic mass is 35.5. The molecule has 47 heavy (non-hydrogen) atoms. The molecule has 2 saturated carbocycles. The van der Waals surface area contributed by atoms with Crippen molar-refractivity contribution in [1.82, 2.24) is 20.5 Å². The first-order valence-electron chi connectivity index (χ1n) is 16.0. The van der Waals surface area contributed by atoms with E-state index in [4.69, 9.17) is 27.8 Å². The van der Waals surface area contributed by atoms with Gasteiger partial charge in [-0.3, -0.25) is 14.7 Å². The summed E-state index contributed by atoms with van der Waals surface area (Å²) in [5.41, 5.74) is 19.7. The lowest BCUT2D eigenvalue weighted by Crippen LogP contribution is -2.46. The van der Waals surface area contributed by atoms with Crippen LogP contribution in [0.4, 0.5) is 5.69 Å². The maximum Gasteiger partial charge on any atom is 0.228 e. The number of para-hydroxylation sites is 1. The van der Waals surface area contributed by atoms with Crippen molar-refractivity contribution < 1.29 is 9.53 Å². The Morgan fingerprint density at radius 2 is 1.87 bits per heavy atom. The molecule has 3 fully saturated rings. The predicted octanol–water partition coefficient (Wildman–Crippen LogP) is 6.20. The van der Waals surface area contributed by atoms with Gasteiger partial charge in [-0.25, -0.2) is 0 Å². The van der Waals surface area contributed by atoms with Crippen molar-refractivity contribution >= 4 is 28.8 Å². The van der Waals surface area contributed by atoms with Gasteiger partial charge in [0.2, 0.25) is 5.91 Å². The van der Waals surface area contributed by atoms with Gasteiger partial charge in [-0.1, -0.05) is 59.7 Å². The molecule has 3 aliphatic rings. The van der Waals surface area contributed by atoms with E-state index in [0.717, 1.165) is 49.3 Å². The molecule has 2 aliphatic carbocycles. The van der Waals surface area contributed by atoms with Gasteiger partial charge in [0.25, 0.3) is 0 Å². The van der Waals surface area contributed by atoms with Crippen LogP contribution in [0.15, 0.2) is 102 Å². The van der Waals surface area contributed by atoms with Gasteiger partial charge in [-0.05, 0) is 69.5 Å². The van der Waals surface area contributed by atoms with Crippen molar-refractivity contribution in [2.24, 2.45) is 23.3 Å². The second-order valence-corrected chi connectivity index (χ2v) is 12.6. The number of nitrogens with zero attached hydrogens (tertiary/aromatic N) is 2. The Balaban J connectivity index is 0.000000748. The number of hydrogen-bond donors (Lipinski definition) is 5. The number of pyridine rings is 1. The van der Waals surface area contributed by atoms with Crippen LogP contribution in [0, 0.1) is 11.8 Å². The monoisotopic (exact) mass is 657 g/mol. The predicted molar refractivity (Wildman–Crippen MR) is 193 cm³/mol. The molecule has 1 amide bonds. The average molecular weight is 658 g/mol. The van der Waals surface area contributed by atoms with Gasteiger partial charge in [-0.15, -0.1) is 0 Å². The van der Waals surface area contributed by atoms with Crippen LogP contribution in [0.5, 0.6) is 5.75 Å². The van der Waals surface area contributed by atoms with Crippen molar-refractivity contribution in [2.45, 2.75) is 46.1 Å². The van der Waals surface area contributed by atoms with Gasteiger partial charge < -0.3 is 32.2 Å². The number of rotatable bonds is 13. The lowest BCUT2D eigenvalue weighted by Gasteiger charge is -2.39. The minimum Gasteiger partial charge on any atom is -0.494 e. The van der Waals surface area contributed by atoms with Crippen LogP contribution >= 0.6 is 11.6 Å². The number of likely N-dealkylation sites (tertiary alicyclic amines) is 1. The van der Waals surface area contributed by atoms with Gasteiger partial charge in [0.05, 0.1) is 29.2 Å². The van der Waals surface area contributed by atoms with Crippen molar-refractivity contribution in [2.75, 3.05) is 32.6 Å². The first-order valence-corrected chi connectivity index (χ1v) is 16.4. The molecular formula is C37H48ClN7O2. The van der Waals surface area contributed by atoms with Crippen molar-refractivity contribution in [1.29, 1.82) is 0 Å². The van der Waals surface area contributed by atoms with E-state index in [1.165, 1.54) is 18.4 Å². The third-order valence-corrected chi connectivity index (χ3v) is 8.37. The highest BCUT2D eigenvalue weighted by Gasteiger charge is 2.30. The molecule has 5 rings (SSSR count). The van der Waals surface area contributed by atoms with Crippen LogP contribution in [0.1, 0.15) is 50.8 Å². The van der Waals surface area contributed by atoms with Crippen LogP contribution in [0.3, 0.4) is 0 Å². The quantitative estimate of drug-likeness (QED) is 0.161. The number of ether oxygens (including phenoxy) is 1. The molecule has 2 aromatic rings. The van der Waals surface area contributed by atoms with E-state index in [0.29, 0.717) is 33.8 Å². The lowest BCUT2D eigenvalue weighted by molar-refractivity contribution is -0.121. The number of nitrogens with two attached hydrogens (primary N) is 2. The number of allylic oxidation sites excluding steroid dienone is 7. The van der Waals surface area contributed by atoms with Crippen molar-refractivity contribution in [3.8, 4) is 5.75 Å². The summed E-state index contributed by atoms with van der Waals surface area (Å²) >= 11 is 5.95. The summed E-state index contributed by atoms with van der Waals surface area (Å²) in [6, 6.07) is 9.68. The molecule has 0 bridgehead atoms. The minimum atomic E-state index is -0.0652. The van der Waals surface area contributed by atoms with Crippen molar-refractivity contribution in [3.05, 3.63) is 118 Å². The number of nitrogens with one attached hydrogen (secondary N) is 3. The highest BCUT2D eigenvalue weighted by molar-refractivity contribution is 6.30. The second-order valence-electron chi connectivity index (χ2n) is 12.2. The third kappa shape index (κ3) is 10.8. The molecule has 7 N–H and O–H groups in total. The maximum absolute atomic E-state index is 12.1. The molecule has 0 radical (unpaired) electrons. The number of benzene rings is 1. The fourth-order valence-corrected chi connectivity index (χ4v) is 5.13. The summed E-state index contributed by atoms with van der Waals surface area (Å²) in [5.74, 6) is 1.34. The molecule has 0 atom stereocenters. The lowest BCUT2D eigenvalue weighted by atomic mass is 9.91. The smallest absolute Gasteiger partial charge is 0.228 e. The molecule has 1 aromatic heterocycles. The number of aromatic nitrogens is 1. The van der Waals surface area contributed by atoms with E-state index in [9.17, 15) is 4.79 Å². The second kappa shape index (κ2) is 16.9. The fraction of sp³-hybridized carbons (Fsp3) is 0.351. The Hall–Kier alpha value is -4.47. The molecule has 0 spiro atoms. The van der Waals surface area contributed by atoms with Gasteiger partial charge >= 0.3 is 0 Å². The number of methoxy groups -OCH3 is 1. The van der Waals surface area contributed by atoms with Crippen LogP contribution in [0.2, 0.25) is 5.02 Å². The maximum atomic E-state index is 12.1. The largest absolute Gasteiger partial charge is 0.494 e. The van der Waals surface area contributed by atoms with Gasteiger partial charge in [0, 0.05) is 62.1 Å². The van der Waals surface area contributed by atoms with E-state index in [1.807, 2.05) is 43.5 Å². The zero-order valence-electron chi connectivity index (χ0n) is 27.9. The van der Waals surface area contributed by atoms with E-state index in [-0.39, 0.29) is 17.6 Å². The normalized spacial score (nSPS) is 17.4. The van der Waals surface area contributed by atoms with Gasteiger partial charge in [-0.2, -0.15) is 0 Å². The Bertz CT molecular complexity index is 1570. The van der Waals surface area contributed by atoms with Gasteiger partial charge in [0.15, 0.2) is 0 Å². The SMILES string of the molecule is C=C/C(=C\C=C(/C)C1CN(Cc2ccc(Cl)cn2)C1)c1cccc(NC(/C=C(\N)NC(=O)C2CC2)=C(\C)N)c1OC.CNC=C1CC1. The summed E-state index contributed by atoms with van der Waals surface area (Å²) < 4.78 is 5.84. The molecular weight excluding hydrogens is 610 g/mol. The summed E-state index contributed by atoms with van der Waals surface area (Å²) in [5, 5.41) is 9.68. The van der Waals surface area contributed by atoms with Crippen molar-refractivity contribution in [3.63, 3.8) is 0 Å². The first kappa shape index (κ1) is 35.4. The summed E-state index contributed by atoms with van der Waals surface area (Å²) in [4.78, 5) is 18.9. The number of carbonyl (C=O) groups excluding carboxylic acids is 1. The fourth-order valence-electron chi connectivity index (χ4n) is 5.02. The van der Waals surface area contributed by atoms with Crippen LogP contribution < -0.4 is 32.2 Å². The number of hydrogen-bond acceptors (Lipinski definition) is 8. The molecule has 250 valence electrons. The Morgan fingerprint density at radius 1 is 1.13 bits per heavy atom. The number of halogens is 1. The van der Waals surface area contributed by atoms with Crippen LogP contribution in [-0.2, 0) is 11.3 Å². The molecule has 2 heterocycles. The van der Waals surface area contributed by atoms with Gasteiger partial charge in [0.1, 0.15) is 11.6 Å².